The van der Waals surface area contributed by atoms with Crippen molar-refractivity contribution in [3.8, 4) is 0 Å². The van der Waals surface area contributed by atoms with Crippen molar-refractivity contribution in [1.29, 1.82) is 0 Å². The molecule has 7 heteroatoms. The molecule has 0 aliphatic rings. The lowest BCUT2D eigenvalue weighted by atomic mass is 10.1. The topological polar surface area (TPSA) is 101 Å². The van der Waals surface area contributed by atoms with Gasteiger partial charge >= 0.3 is 0 Å². The molecule has 0 saturated carbocycles. The van der Waals surface area contributed by atoms with E-state index in [2.05, 4.69) is 15.5 Å². The second kappa shape index (κ2) is 6.23. The monoisotopic (exact) mass is 304 g/mol. The Morgan fingerprint density at radius 3 is 2.71 bits per heavy atom. The molecule has 21 heavy (non-hydrogen) atoms. The van der Waals surface area contributed by atoms with Crippen LogP contribution in [0.4, 0.5) is 5.69 Å². The van der Waals surface area contributed by atoms with E-state index in [0.29, 0.717) is 21.8 Å². The van der Waals surface area contributed by atoms with Crippen LogP contribution in [-0.4, -0.2) is 21.9 Å². The van der Waals surface area contributed by atoms with E-state index in [1.165, 1.54) is 6.07 Å². The van der Waals surface area contributed by atoms with Crippen molar-refractivity contribution in [2.45, 2.75) is 6.92 Å². The van der Waals surface area contributed by atoms with Gasteiger partial charge in [0.1, 0.15) is 0 Å². The first-order valence-electron chi connectivity index (χ1n) is 6.02. The summed E-state index contributed by atoms with van der Waals surface area (Å²) in [6.45, 7) is 1.80. The van der Waals surface area contributed by atoms with Gasteiger partial charge in [0.25, 0.3) is 5.91 Å². The first-order chi connectivity index (χ1) is 10.0. The van der Waals surface area contributed by atoms with Crippen molar-refractivity contribution in [2.75, 3.05) is 5.32 Å². The van der Waals surface area contributed by atoms with Gasteiger partial charge in [-0.2, -0.15) is 0 Å². The van der Waals surface area contributed by atoms with Crippen molar-refractivity contribution in [1.82, 2.24) is 4.98 Å². The van der Waals surface area contributed by atoms with Crippen molar-refractivity contribution in [2.24, 2.45) is 10.9 Å². The van der Waals surface area contributed by atoms with Gasteiger partial charge in [-0.25, -0.2) is 0 Å². The predicted octanol–water partition coefficient (Wildman–Crippen LogP) is 2.39. The summed E-state index contributed by atoms with van der Waals surface area (Å²) in [5.41, 5.74) is 7.60. The van der Waals surface area contributed by atoms with Crippen molar-refractivity contribution in [3.63, 3.8) is 0 Å². The van der Waals surface area contributed by atoms with Crippen LogP contribution in [0.2, 0.25) is 5.02 Å². The number of amides is 1. The van der Waals surface area contributed by atoms with Gasteiger partial charge in [0.15, 0.2) is 5.84 Å². The number of pyridine rings is 1. The van der Waals surface area contributed by atoms with E-state index >= 15 is 0 Å². The third-order valence-electron chi connectivity index (χ3n) is 2.78. The zero-order chi connectivity index (χ0) is 15.4. The number of amidine groups is 1. The fraction of sp³-hybridized carbons (Fsp3) is 0.0714. The summed E-state index contributed by atoms with van der Waals surface area (Å²) >= 11 is 6.07. The van der Waals surface area contributed by atoms with E-state index in [1.807, 2.05) is 0 Å². The summed E-state index contributed by atoms with van der Waals surface area (Å²) in [5.74, 6) is -0.349. The van der Waals surface area contributed by atoms with Crippen LogP contribution in [0, 0.1) is 6.92 Å². The van der Waals surface area contributed by atoms with Gasteiger partial charge in [-0.05, 0) is 37.3 Å². The maximum atomic E-state index is 12.1. The van der Waals surface area contributed by atoms with Crippen molar-refractivity contribution in [3.05, 3.63) is 58.4 Å². The quantitative estimate of drug-likeness (QED) is 0.351. The Hall–Kier alpha value is -2.60. The maximum Gasteiger partial charge on any atom is 0.255 e. The highest BCUT2D eigenvalue weighted by Gasteiger charge is 2.10. The van der Waals surface area contributed by atoms with Crippen LogP contribution in [0.3, 0.4) is 0 Å². The minimum atomic E-state index is -0.293. The van der Waals surface area contributed by atoms with Crippen LogP contribution in [0.1, 0.15) is 21.6 Å². The number of hydrogen-bond donors (Lipinski definition) is 3. The molecule has 0 radical (unpaired) electrons. The van der Waals surface area contributed by atoms with E-state index in [1.54, 1.807) is 37.4 Å². The van der Waals surface area contributed by atoms with Crippen molar-refractivity contribution < 1.29 is 10.0 Å². The first kappa shape index (κ1) is 14.8. The number of aryl methyl sites for hydroxylation is 1. The highest BCUT2D eigenvalue weighted by atomic mass is 35.5. The van der Waals surface area contributed by atoms with Gasteiger partial charge in [-0.3, -0.25) is 9.78 Å². The molecule has 2 rings (SSSR count). The molecule has 0 atom stereocenters. The number of halogens is 1. The number of rotatable bonds is 3. The van der Waals surface area contributed by atoms with Crippen LogP contribution < -0.4 is 11.1 Å². The zero-order valence-electron chi connectivity index (χ0n) is 11.2. The fourth-order valence-electron chi connectivity index (χ4n) is 1.71. The van der Waals surface area contributed by atoms with E-state index in [4.69, 9.17) is 22.5 Å². The summed E-state index contributed by atoms with van der Waals surface area (Å²) < 4.78 is 0. The van der Waals surface area contributed by atoms with E-state index in [9.17, 15) is 4.79 Å². The Morgan fingerprint density at radius 1 is 1.33 bits per heavy atom. The van der Waals surface area contributed by atoms with Crippen LogP contribution in [-0.2, 0) is 0 Å². The normalized spacial score (nSPS) is 11.2. The second-order valence-corrected chi connectivity index (χ2v) is 4.73. The summed E-state index contributed by atoms with van der Waals surface area (Å²) in [4.78, 5) is 16.1. The van der Waals surface area contributed by atoms with Crippen LogP contribution in [0.15, 0.2) is 41.7 Å². The molecular formula is C14H13ClN4O2. The minimum Gasteiger partial charge on any atom is -0.409 e. The SMILES string of the molecule is Cc1cc(C(=O)Nc2ccc(/C(N)=N/O)cc2Cl)ccn1. The molecular weight excluding hydrogens is 292 g/mol. The molecule has 1 heterocycles. The molecule has 2 aromatic rings. The number of anilines is 1. The van der Waals surface area contributed by atoms with Crippen molar-refractivity contribution >= 4 is 29.0 Å². The number of oxime groups is 1. The number of nitrogens with two attached hydrogens (primary N) is 1. The average Bonchev–Trinajstić information content (AvgIpc) is 2.48. The third-order valence-corrected chi connectivity index (χ3v) is 3.09. The molecule has 1 aromatic heterocycles. The summed E-state index contributed by atoms with van der Waals surface area (Å²) in [7, 11) is 0. The largest absolute Gasteiger partial charge is 0.409 e. The molecule has 108 valence electrons. The first-order valence-corrected chi connectivity index (χ1v) is 6.40. The van der Waals surface area contributed by atoms with Gasteiger partial charge in [0.2, 0.25) is 0 Å². The number of nitrogens with zero attached hydrogens (tertiary/aromatic N) is 2. The van der Waals surface area contributed by atoms with Gasteiger partial charge in [-0.1, -0.05) is 16.8 Å². The van der Waals surface area contributed by atoms with Gasteiger partial charge in [0, 0.05) is 23.0 Å². The van der Waals surface area contributed by atoms with E-state index in [0.717, 1.165) is 5.69 Å². The third kappa shape index (κ3) is 3.49. The van der Waals surface area contributed by atoms with Gasteiger partial charge in [-0.15, -0.1) is 0 Å². The molecule has 1 amide bonds. The van der Waals surface area contributed by atoms with Crippen LogP contribution >= 0.6 is 11.6 Å². The Bertz CT molecular complexity index is 716. The Morgan fingerprint density at radius 2 is 2.10 bits per heavy atom. The van der Waals surface area contributed by atoms with Gasteiger partial charge in [0.05, 0.1) is 10.7 Å². The highest BCUT2D eigenvalue weighted by Crippen LogP contribution is 2.23. The molecule has 0 fully saturated rings. The minimum absolute atomic E-state index is 0.0560. The van der Waals surface area contributed by atoms with Crippen LogP contribution in [0.5, 0.6) is 0 Å². The number of carbonyl (C=O) groups excluding carboxylic acids is 1. The Balaban J connectivity index is 2.22. The highest BCUT2D eigenvalue weighted by molar-refractivity contribution is 6.34. The lowest BCUT2D eigenvalue weighted by Crippen LogP contribution is -2.15. The number of benzene rings is 1. The second-order valence-electron chi connectivity index (χ2n) is 4.32. The van der Waals surface area contributed by atoms with E-state index in [-0.39, 0.29) is 11.7 Å². The molecule has 6 nitrogen and oxygen atoms in total. The molecule has 4 N–H and O–H groups in total. The summed E-state index contributed by atoms with van der Waals surface area (Å²) in [5, 5.41) is 14.5. The van der Waals surface area contributed by atoms with E-state index < -0.39 is 0 Å². The molecule has 0 aliphatic carbocycles. The molecule has 0 spiro atoms. The number of nitrogens with one attached hydrogen (secondary N) is 1. The number of aromatic nitrogens is 1. The molecule has 1 aromatic carbocycles. The number of hydrogen-bond acceptors (Lipinski definition) is 4. The number of carbonyl (C=O) groups is 1. The lowest BCUT2D eigenvalue weighted by molar-refractivity contribution is 0.102. The zero-order valence-corrected chi connectivity index (χ0v) is 11.9. The maximum absolute atomic E-state index is 12.1. The lowest BCUT2D eigenvalue weighted by Gasteiger charge is -2.09. The summed E-state index contributed by atoms with van der Waals surface area (Å²) in [6.07, 6.45) is 1.56. The smallest absolute Gasteiger partial charge is 0.255 e. The molecule has 0 unspecified atom stereocenters. The standard InChI is InChI=1S/C14H13ClN4O2/c1-8-6-10(4-5-17-8)14(20)18-12-3-2-9(7-11(12)15)13(16)19-21/h2-7,21H,1H3,(H2,16,19)(H,18,20). The fourth-order valence-corrected chi connectivity index (χ4v) is 1.94. The molecule has 0 saturated heterocycles. The molecule has 0 aliphatic heterocycles. The van der Waals surface area contributed by atoms with Crippen LogP contribution in [0.25, 0.3) is 0 Å². The van der Waals surface area contributed by atoms with Gasteiger partial charge < -0.3 is 16.3 Å². The average molecular weight is 305 g/mol. The predicted molar refractivity (Wildman–Crippen MR) is 80.9 cm³/mol. The summed E-state index contributed by atoms with van der Waals surface area (Å²) in [6, 6.07) is 7.97. The Kier molecular flexibility index (Phi) is 4.39. The Labute approximate surface area is 126 Å². The molecule has 0 bridgehead atoms.